The first-order valence-electron chi connectivity index (χ1n) is 5.92. The number of alkyl halides is 3. The highest BCUT2D eigenvalue weighted by atomic mass is 35.5. The summed E-state index contributed by atoms with van der Waals surface area (Å²) in [6.07, 6.45) is -5.35. The lowest BCUT2D eigenvalue weighted by atomic mass is 10.2. The van der Waals surface area contributed by atoms with Crippen molar-refractivity contribution in [2.75, 3.05) is 13.7 Å². The average molecular weight is 324 g/mol. The SMILES string of the molecule is COC(=O)CCN(Cc1ccccc1Cl)C(=O)C(F)(F)F. The highest BCUT2D eigenvalue weighted by Gasteiger charge is 2.42. The zero-order chi connectivity index (χ0) is 16.0. The molecule has 0 aliphatic rings. The van der Waals surface area contributed by atoms with Crippen molar-refractivity contribution in [3.05, 3.63) is 34.9 Å². The molecule has 0 bridgehead atoms. The molecule has 0 aromatic heterocycles. The number of carbonyl (C=O) groups excluding carboxylic acids is 2. The number of halogens is 4. The van der Waals surface area contributed by atoms with E-state index in [1.54, 1.807) is 12.1 Å². The Kier molecular flexibility index (Phi) is 6.02. The number of amides is 1. The van der Waals surface area contributed by atoms with E-state index in [1.165, 1.54) is 12.1 Å². The summed E-state index contributed by atoms with van der Waals surface area (Å²) in [5.74, 6) is -2.72. The number of hydrogen-bond donors (Lipinski definition) is 0. The molecule has 8 heteroatoms. The van der Waals surface area contributed by atoms with Crippen molar-refractivity contribution >= 4 is 23.5 Å². The highest BCUT2D eigenvalue weighted by Crippen LogP contribution is 2.23. The van der Waals surface area contributed by atoms with Crippen LogP contribution in [0.2, 0.25) is 5.02 Å². The molecule has 1 amide bonds. The van der Waals surface area contributed by atoms with E-state index in [4.69, 9.17) is 11.6 Å². The van der Waals surface area contributed by atoms with Gasteiger partial charge in [0.15, 0.2) is 0 Å². The molecule has 21 heavy (non-hydrogen) atoms. The number of nitrogens with zero attached hydrogens (tertiary/aromatic N) is 1. The Hall–Kier alpha value is -1.76. The molecular formula is C13H13ClF3NO3. The summed E-state index contributed by atoms with van der Waals surface area (Å²) >= 11 is 5.87. The number of esters is 1. The minimum absolute atomic E-state index is 0.246. The standard InChI is InChI=1S/C13H13ClF3NO3/c1-21-11(19)6-7-18(12(20)13(15,16)17)8-9-4-2-3-5-10(9)14/h2-5H,6-8H2,1H3. The fraction of sp³-hybridized carbons (Fsp3) is 0.385. The third-order valence-electron chi connectivity index (χ3n) is 2.66. The van der Waals surface area contributed by atoms with Crippen LogP contribution in [-0.2, 0) is 20.9 Å². The Balaban J connectivity index is 2.89. The van der Waals surface area contributed by atoms with Crippen LogP contribution in [0.25, 0.3) is 0 Å². The quantitative estimate of drug-likeness (QED) is 0.783. The number of rotatable bonds is 5. The van der Waals surface area contributed by atoms with Crippen molar-refractivity contribution in [3.63, 3.8) is 0 Å². The molecule has 0 fully saturated rings. The molecule has 0 aliphatic heterocycles. The molecule has 0 unspecified atom stereocenters. The van der Waals surface area contributed by atoms with E-state index >= 15 is 0 Å². The Morgan fingerprint density at radius 1 is 1.29 bits per heavy atom. The minimum atomic E-state index is -5.02. The molecule has 0 heterocycles. The molecular weight excluding hydrogens is 311 g/mol. The van der Waals surface area contributed by atoms with Crippen LogP contribution >= 0.6 is 11.6 Å². The van der Waals surface area contributed by atoms with E-state index in [1.807, 2.05) is 0 Å². The van der Waals surface area contributed by atoms with E-state index in [0.29, 0.717) is 10.5 Å². The second kappa shape index (κ2) is 7.31. The lowest BCUT2D eigenvalue weighted by molar-refractivity contribution is -0.186. The Labute approximate surface area is 124 Å². The molecule has 0 radical (unpaired) electrons. The van der Waals surface area contributed by atoms with Crippen LogP contribution in [0.1, 0.15) is 12.0 Å². The highest BCUT2D eigenvalue weighted by molar-refractivity contribution is 6.31. The molecule has 0 atom stereocenters. The largest absolute Gasteiger partial charge is 0.471 e. The maximum atomic E-state index is 12.6. The van der Waals surface area contributed by atoms with Gasteiger partial charge in [0.05, 0.1) is 13.5 Å². The van der Waals surface area contributed by atoms with Gasteiger partial charge in [0, 0.05) is 18.1 Å². The van der Waals surface area contributed by atoms with E-state index in [0.717, 1.165) is 7.11 Å². The monoisotopic (exact) mass is 323 g/mol. The number of carbonyl (C=O) groups is 2. The molecule has 1 aromatic rings. The molecule has 1 rings (SSSR count). The summed E-state index contributed by atoms with van der Waals surface area (Å²) in [5, 5.41) is 0.246. The van der Waals surface area contributed by atoms with Crippen LogP contribution in [0.3, 0.4) is 0 Å². The zero-order valence-electron chi connectivity index (χ0n) is 11.1. The van der Waals surface area contributed by atoms with Crippen LogP contribution in [0.4, 0.5) is 13.2 Å². The zero-order valence-corrected chi connectivity index (χ0v) is 11.9. The van der Waals surface area contributed by atoms with Crippen LogP contribution in [0.15, 0.2) is 24.3 Å². The lowest BCUT2D eigenvalue weighted by Gasteiger charge is -2.23. The molecule has 4 nitrogen and oxygen atoms in total. The maximum absolute atomic E-state index is 12.6. The fourth-order valence-electron chi connectivity index (χ4n) is 1.59. The van der Waals surface area contributed by atoms with Gasteiger partial charge in [-0.15, -0.1) is 0 Å². The van der Waals surface area contributed by atoms with E-state index in [-0.39, 0.29) is 18.0 Å². The average Bonchev–Trinajstić information content (AvgIpc) is 2.43. The summed E-state index contributed by atoms with van der Waals surface area (Å²) in [6, 6.07) is 6.23. The predicted octanol–water partition coefficient (Wildman–Crippen LogP) is 2.79. The Morgan fingerprint density at radius 3 is 2.43 bits per heavy atom. The summed E-state index contributed by atoms with van der Waals surface area (Å²) in [5.41, 5.74) is 0.363. The second-order valence-corrected chi connectivity index (χ2v) is 4.55. The summed E-state index contributed by atoms with van der Waals surface area (Å²) in [6.45, 7) is -0.745. The van der Waals surface area contributed by atoms with Gasteiger partial charge < -0.3 is 9.64 Å². The summed E-state index contributed by atoms with van der Waals surface area (Å²) < 4.78 is 42.1. The van der Waals surface area contributed by atoms with Gasteiger partial charge in [0.1, 0.15) is 0 Å². The van der Waals surface area contributed by atoms with Gasteiger partial charge in [-0.1, -0.05) is 29.8 Å². The summed E-state index contributed by atoms with van der Waals surface area (Å²) in [7, 11) is 1.12. The van der Waals surface area contributed by atoms with Gasteiger partial charge in [-0.25, -0.2) is 0 Å². The van der Waals surface area contributed by atoms with Crippen molar-refractivity contribution in [2.24, 2.45) is 0 Å². The smallest absolute Gasteiger partial charge is 0.469 e. The molecule has 0 aliphatic carbocycles. The van der Waals surface area contributed by atoms with Crippen molar-refractivity contribution in [1.29, 1.82) is 0 Å². The Morgan fingerprint density at radius 2 is 1.90 bits per heavy atom. The van der Waals surface area contributed by atoms with Crippen molar-refractivity contribution in [3.8, 4) is 0 Å². The topological polar surface area (TPSA) is 46.6 Å². The van der Waals surface area contributed by atoms with E-state index < -0.39 is 24.6 Å². The first-order valence-corrected chi connectivity index (χ1v) is 6.30. The van der Waals surface area contributed by atoms with Gasteiger partial charge >= 0.3 is 18.1 Å². The first-order chi connectivity index (χ1) is 9.75. The third-order valence-corrected chi connectivity index (χ3v) is 3.03. The Bertz CT molecular complexity index is 520. The van der Waals surface area contributed by atoms with Crippen LogP contribution in [-0.4, -0.2) is 36.6 Å². The van der Waals surface area contributed by atoms with E-state index in [9.17, 15) is 22.8 Å². The van der Waals surface area contributed by atoms with Crippen molar-refractivity contribution in [1.82, 2.24) is 4.90 Å². The third kappa shape index (κ3) is 5.26. The molecule has 1 aromatic carbocycles. The molecule has 0 saturated carbocycles. The molecule has 0 N–H and O–H groups in total. The van der Waals surface area contributed by atoms with Crippen LogP contribution < -0.4 is 0 Å². The van der Waals surface area contributed by atoms with Gasteiger partial charge in [0.25, 0.3) is 0 Å². The fourth-order valence-corrected chi connectivity index (χ4v) is 1.79. The molecule has 116 valence electrons. The number of hydrogen-bond acceptors (Lipinski definition) is 3. The normalized spacial score (nSPS) is 11.1. The van der Waals surface area contributed by atoms with Gasteiger partial charge in [-0.05, 0) is 11.6 Å². The first kappa shape index (κ1) is 17.3. The second-order valence-electron chi connectivity index (χ2n) is 4.14. The van der Waals surface area contributed by atoms with Crippen LogP contribution in [0, 0.1) is 0 Å². The maximum Gasteiger partial charge on any atom is 0.471 e. The molecule has 0 saturated heterocycles. The summed E-state index contributed by atoms with van der Waals surface area (Å²) in [4.78, 5) is 23.0. The number of methoxy groups -OCH3 is 1. The van der Waals surface area contributed by atoms with Gasteiger partial charge in [-0.2, -0.15) is 13.2 Å². The van der Waals surface area contributed by atoms with Gasteiger partial charge in [0.2, 0.25) is 0 Å². The van der Waals surface area contributed by atoms with Crippen molar-refractivity contribution in [2.45, 2.75) is 19.1 Å². The number of ether oxygens (including phenoxy) is 1. The predicted molar refractivity (Wildman–Crippen MR) is 69.6 cm³/mol. The van der Waals surface area contributed by atoms with Crippen LogP contribution in [0.5, 0.6) is 0 Å². The molecule has 0 spiro atoms. The van der Waals surface area contributed by atoms with Gasteiger partial charge in [-0.3, -0.25) is 9.59 Å². The number of benzene rings is 1. The minimum Gasteiger partial charge on any atom is -0.469 e. The van der Waals surface area contributed by atoms with E-state index in [2.05, 4.69) is 4.74 Å². The van der Waals surface area contributed by atoms with Crippen molar-refractivity contribution < 1.29 is 27.5 Å². The lowest BCUT2D eigenvalue weighted by Crippen LogP contribution is -2.41.